The molecule has 11 aromatic rings. The number of fused-ring (bicyclic) bond motifs is 4. The Labute approximate surface area is 337 Å². The molecule has 0 bridgehead atoms. The van der Waals surface area contributed by atoms with Crippen molar-refractivity contribution in [2.75, 3.05) is 0 Å². The lowest BCUT2D eigenvalue weighted by molar-refractivity contribution is 0.681. The number of benzene rings is 7. The molecule has 11 rings (SSSR count). The van der Waals surface area contributed by atoms with Crippen LogP contribution in [0.1, 0.15) is 11.1 Å². The minimum Gasteiger partial charge on any atom is -0.268 e. The number of nitrogens with zero attached hydrogens (tertiary/aromatic N) is 6. The maximum absolute atomic E-state index is 5.04. The van der Waals surface area contributed by atoms with Crippen molar-refractivity contribution in [3.63, 3.8) is 0 Å². The largest absolute Gasteiger partial charge is 0.268 e. The first-order valence-corrected chi connectivity index (χ1v) is 19.4. The second-order valence-electron chi connectivity index (χ2n) is 14.1. The summed E-state index contributed by atoms with van der Waals surface area (Å²) in [5.41, 5.74) is 6.81. The van der Waals surface area contributed by atoms with Crippen molar-refractivity contribution in [2.24, 2.45) is 0 Å². The molecule has 6 nitrogen and oxygen atoms in total. The van der Waals surface area contributed by atoms with Crippen LogP contribution in [0.3, 0.4) is 0 Å². The second-order valence-corrected chi connectivity index (χ2v) is 14.1. The van der Waals surface area contributed by atoms with E-state index in [1.165, 1.54) is 65.3 Å². The topological polar surface area (TPSA) is 61.4 Å². The standard InChI is InChI=1S/C42H30N4.2C5H5N/c1-5-13-35-31(9-1)25-32-10-2-6-14-36(32)41(35)39-21-23-45(43-39)27-29-17-19-30(20-18-29)28-46-24-22-40(44-46)42-37-15-7-3-11-33(37)26-34-12-4-8-16-38(34)42;2*1-2-4-6-5-3-1/h1-26H,27-28H2;2*1-5H. The van der Waals surface area contributed by atoms with Crippen LogP contribution in [-0.2, 0) is 13.1 Å². The quantitative estimate of drug-likeness (QED) is 0.159. The molecule has 0 N–H and O–H groups in total. The van der Waals surface area contributed by atoms with E-state index in [0.29, 0.717) is 13.1 Å². The van der Waals surface area contributed by atoms with Gasteiger partial charge in [-0.05, 0) is 103 Å². The van der Waals surface area contributed by atoms with Crippen molar-refractivity contribution in [1.29, 1.82) is 0 Å². The molecule has 0 radical (unpaired) electrons. The lowest BCUT2D eigenvalue weighted by atomic mass is 9.95. The maximum Gasteiger partial charge on any atom is 0.0935 e. The number of pyridine rings is 2. The summed E-state index contributed by atoms with van der Waals surface area (Å²) in [7, 11) is 0. The van der Waals surface area contributed by atoms with E-state index >= 15 is 0 Å². The van der Waals surface area contributed by atoms with E-state index in [1.54, 1.807) is 24.8 Å². The zero-order chi connectivity index (χ0) is 38.9. The van der Waals surface area contributed by atoms with Gasteiger partial charge in [-0.25, -0.2) is 0 Å². The van der Waals surface area contributed by atoms with Crippen LogP contribution in [0.5, 0.6) is 0 Å². The van der Waals surface area contributed by atoms with Crippen LogP contribution in [0.4, 0.5) is 0 Å². The highest BCUT2D eigenvalue weighted by atomic mass is 15.3. The fourth-order valence-corrected chi connectivity index (χ4v) is 7.49. The summed E-state index contributed by atoms with van der Waals surface area (Å²) >= 11 is 0. The maximum atomic E-state index is 5.04. The van der Waals surface area contributed by atoms with Gasteiger partial charge in [0.15, 0.2) is 0 Å². The van der Waals surface area contributed by atoms with E-state index < -0.39 is 0 Å². The van der Waals surface area contributed by atoms with Gasteiger partial charge in [-0.15, -0.1) is 0 Å². The van der Waals surface area contributed by atoms with Gasteiger partial charge >= 0.3 is 0 Å². The third kappa shape index (κ3) is 7.99. The average molecular weight is 749 g/mol. The molecule has 278 valence electrons. The van der Waals surface area contributed by atoms with E-state index in [9.17, 15) is 0 Å². The smallest absolute Gasteiger partial charge is 0.0935 e. The van der Waals surface area contributed by atoms with Crippen LogP contribution < -0.4 is 0 Å². The molecule has 0 atom stereocenters. The molecule has 0 aliphatic rings. The summed E-state index contributed by atoms with van der Waals surface area (Å²) in [6, 6.07) is 63.4. The summed E-state index contributed by atoms with van der Waals surface area (Å²) < 4.78 is 4.07. The molecule has 0 aliphatic carbocycles. The first-order valence-electron chi connectivity index (χ1n) is 19.4. The Balaban J connectivity index is 0.000000312. The van der Waals surface area contributed by atoms with Gasteiger partial charge in [-0.3, -0.25) is 19.3 Å². The van der Waals surface area contributed by atoms with E-state index in [2.05, 4.69) is 168 Å². The van der Waals surface area contributed by atoms with Crippen molar-refractivity contribution in [3.8, 4) is 22.5 Å². The third-order valence-corrected chi connectivity index (χ3v) is 10.2. The van der Waals surface area contributed by atoms with Gasteiger partial charge in [-0.1, -0.05) is 133 Å². The molecule has 0 amide bonds. The van der Waals surface area contributed by atoms with Crippen LogP contribution in [0.15, 0.2) is 219 Å². The van der Waals surface area contributed by atoms with Crippen LogP contribution in [0.2, 0.25) is 0 Å². The Morgan fingerprint density at radius 1 is 0.328 bits per heavy atom. The molecule has 58 heavy (non-hydrogen) atoms. The molecule has 4 aromatic heterocycles. The zero-order valence-corrected chi connectivity index (χ0v) is 31.9. The molecule has 0 fully saturated rings. The van der Waals surface area contributed by atoms with Gasteiger partial charge in [0.25, 0.3) is 0 Å². The molecule has 4 heterocycles. The Kier molecular flexibility index (Phi) is 10.5. The Morgan fingerprint density at radius 2 is 0.655 bits per heavy atom. The van der Waals surface area contributed by atoms with E-state index in [-0.39, 0.29) is 0 Å². The third-order valence-electron chi connectivity index (χ3n) is 10.2. The number of aromatic nitrogens is 6. The molecule has 6 heteroatoms. The minimum absolute atomic E-state index is 0.711. The van der Waals surface area contributed by atoms with Crippen LogP contribution >= 0.6 is 0 Å². The van der Waals surface area contributed by atoms with E-state index in [4.69, 9.17) is 10.2 Å². The number of rotatable bonds is 6. The Hall–Kier alpha value is -7.70. The van der Waals surface area contributed by atoms with Crippen molar-refractivity contribution in [2.45, 2.75) is 13.1 Å². The van der Waals surface area contributed by atoms with Gasteiger partial charge < -0.3 is 0 Å². The van der Waals surface area contributed by atoms with Crippen LogP contribution in [0.25, 0.3) is 65.6 Å². The Morgan fingerprint density at radius 3 is 0.948 bits per heavy atom. The monoisotopic (exact) mass is 748 g/mol. The van der Waals surface area contributed by atoms with Crippen LogP contribution in [0, 0.1) is 0 Å². The summed E-state index contributed by atoms with van der Waals surface area (Å²) in [6.45, 7) is 1.42. The Bertz CT molecular complexity index is 2690. The highest BCUT2D eigenvalue weighted by Crippen LogP contribution is 2.37. The van der Waals surface area contributed by atoms with Gasteiger partial charge in [0.2, 0.25) is 0 Å². The first kappa shape index (κ1) is 36.0. The van der Waals surface area contributed by atoms with Gasteiger partial charge in [-0.2, -0.15) is 10.2 Å². The van der Waals surface area contributed by atoms with Crippen molar-refractivity contribution in [1.82, 2.24) is 29.5 Å². The molecule has 0 aliphatic heterocycles. The summed E-state index contributed by atoms with van der Waals surface area (Å²) in [6.07, 6.45) is 11.2. The van der Waals surface area contributed by atoms with E-state index in [0.717, 1.165) is 11.4 Å². The summed E-state index contributed by atoms with van der Waals surface area (Å²) in [5, 5.41) is 19.9. The highest BCUT2D eigenvalue weighted by Gasteiger charge is 2.14. The molecule has 0 spiro atoms. The van der Waals surface area contributed by atoms with Gasteiger partial charge in [0.05, 0.1) is 24.5 Å². The number of hydrogen-bond donors (Lipinski definition) is 0. The fourth-order valence-electron chi connectivity index (χ4n) is 7.49. The molecular weight excluding hydrogens is 709 g/mol. The minimum atomic E-state index is 0.711. The second kappa shape index (κ2) is 17.0. The van der Waals surface area contributed by atoms with E-state index in [1.807, 2.05) is 45.8 Å². The average Bonchev–Trinajstić information content (AvgIpc) is 3.96. The summed E-state index contributed by atoms with van der Waals surface area (Å²) in [4.78, 5) is 7.57. The van der Waals surface area contributed by atoms with Crippen LogP contribution in [-0.4, -0.2) is 29.5 Å². The van der Waals surface area contributed by atoms with Gasteiger partial charge in [0.1, 0.15) is 0 Å². The predicted molar refractivity (Wildman–Crippen MR) is 238 cm³/mol. The van der Waals surface area contributed by atoms with Gasteiger partial charge in [0, 0.05) is 48.3 Å². The molecular formula is C52H40N6. The summed E-state index contributed by atoms with van der Waals surface area (Å²) in [5.74, 6) is 0. The zero-order valence-electron chi connectivity index (χ0n) is 31.9. The van der Waals surface area contributed by atoms with Crippen molar-refractivity contribution in [3.05, 3.63) is 230 Å². The number of hydrogen-bond acceptors (Lipinski definition) is 4. The highest BCUT2D eigenvalue weighted by molar-refractivity contribution is 6.13. The normalized spacial score (nSPS) is 10.9. The first-order chi connectivity index (χ1) is 28.8. The molecule has 7 aromatic carbocycles. The molecule has 0 saturated heterocycles. The molecule has 0 saturated carbocycles. The lowest BCUT2D eigenvalue weighted by Crippen LogP contribution is -2.03. The SMILES string of the molecule is c1ccc2c(-c3ccn(Cc4ccc(Cn5ccc(-c6c7ccccc7cc7ccccc67)n5)cc4)n3)c3ccccc3cc2c1.c1ccncc1.c1ccncc1. The predicted octanol–water partition coefficient (Wildman–Crippen LogP) is 12.3. The van der Waals surface area contributed by atoms with Crippen molar-refractivity contribution >= 4 is 43.1 Å². The fraction of sp³-hybridized carbons (Fsp3) is 0.0385. The van der Waals surface area contributed by atoms with Crippen molar-refractivity contribution < 1.29 is 0 Å². The molecule has 0 unspecified atom stereocenters. The lowest BCUT2D eigenvalue weighted by Gasteiger charge is -2.10.